The molecule has 2 aromatic rings. The van der Waals surface area contributed by atoms with Crippen LogP contribution in [0.1, 0.15) is 36.1 Å². The summed E-state index contributed by atoms with van der Waals surface area (Å²) in [6.07, 6.45) is -0.0721. The molecule has 0 aliphatic carbocycles. The molecule has 0 aromatic heterocycles. The summed E-state index contributed by atoms with van der Waals surface area (Å²) in [5.74, 6) is 0.244. The van der Waals surface area contributed by atoms with Gasteiger partial charge < -0.3 is 9.80 Å². The van der Waals surface area contributed by atoms with Gasteiger partial charge in [-0.25, -0.2) is 0 Å². The van der Waals surface area contributed by atoms with Gasteiger partial charge in [-0.2, -0.15) is 0 Å². The number of halogens is 4. The zero-order valence-electron chi connectivity index (χ0n) is 16.9. The van der Waals surface area contributed by atoms with Crippen LogP contribution in [0.15, 0.2) is 34.6 Å². The van der Waals surface area contributed by atoms with Gasteiger partial charge in [0.05, 0.1) is 0 Å². The van der Waals surface area contributed by atoms with Crippen LogP contribution in [-0.4, -0.2) is 6.17 Å². The van der Waals surface area contributed by atoms with Crippen LogP contribution < -0.4 is 9.80 Å². The zero-order valence-corrected chi connectivity index (χ0v) is 19.9. The highest BCUT2D eigenvalue weighted by molar-refractivity contribution is 6.42. The molecule has 0 unspecified atom stereocenters. The largest absolute Gasteiger partial charge is 0.307 e. The molecule has 1 aliphatic rings. The fourth-order valence-corrected chi connectivity index (χ4v) is 5.38. The number of rotatable bonds is 3. The van der Waals surface area contributed by atoms with E-state index in [9.17, 15) is 0 Å². The van der Waals surface area contributed by atoms with Crippen molar-refractivity contribution in [1.82, 2.24) is 0 Å². The molecule has 0 fully saturated rings. The topological polar surface area (TPSA) is 6.48 Å². The molecule has 6 heteroatoms. The molecule has 0 spiro atoms. The molecule has 0 atom stereocenters. The van der Waals surface area contributed by atoms with Crippen molar-refractivity contribution in [2.45, 2.75) is 47.7 Å². The van der Waals surface area contributed by atoms with Gasteiger partial charge in [0.1, 0.15) is 16.5 Å². The van der Waals surface area contributed by atoms with E-state index in [0.717, 1.165) is 33.6 Å². The van der Waals surface area contributed by atoms with E-state index in [-0.39, 0.29) is 12.1 Å². The van der Waals surface area contributed by atoms with E-state index in [1.165, 1.54) is 0 Å². The van der Waals surface area contributed by atoms with Gasteiger partial charge in [-0.05, 0) is 80.1 Å². The van der Waals surface area contributed by atoms with Crippen LogP contribution in [0.25, 0.3) is 0 Å². The molecule has 0 N–H and O–H groups in total. The number of hydrogen-bond donors (Lipinski definition) is 0. The predicted molar refractivity (Wildman–Crippen MR) is 124 cm³/mol. The molecule has 1 heterocycles. The van der Waals surface area contributed by atoms with E-state index in [2.05, 4.69) is 23.6 Å². The van der Waals surface area contributed by atoms with Gasteiger partial charge in [-0.1, -0.05) is 60.3 Å². The van der Waals surface area contributed by atoms with Crippen molar-refractivity contribution in [3.63, 3.8) is 0 Å². The highest BCUT2D eigenvalue weighted by atomic mass is 35.5. The Balaban J connectivity index is 2.24. The second-order valence-corrected chi connectivity index (χ2v) is 9.34. The summed E-state index contributed by atoms with van der Waals surface area (Å²) >= 11 is 26.2. The van der Waals surface area contributed by atoms with Crippen molar-refractivity contribution >= 4 is 57.8 Å². The monoisotopic (exact) mass is 456 g/mol. The third kappa shape index (κ3) is 3.61. The van der Waals surface area contributed by atoms with Crippen LogP contribution in [-0.2, 0) is 0 Å². The second-order valence-electron chi connectivity index (χ2n) is 7.76. The van der Waals surface area contributed by atoms with E-state index in [1.54, 1.807) is 0 Å². The van der Waals surface area contributed by atoms with Crippen LogP contribution in [0.2, 0.25) is 10.0 Å². The summed E-state index contributed by atoms with van der Waals surface area (Å²) in [5.41, 5.74) is 6.32. The molecule has 0 bridgehead atoms. The number of hydrogen-bond acceptors (Lipinski definition) is 2. The van der Waals surface area contributed by atoms with Gasteiger partial charge in [0.15, 0.2) is 0 Å². The summed E-state index contributed by atoms with van der Waals surface area (Å²) in [7, 11) is 0. The maximum absolute atomic E-state index is 6.84. The van der Waals surface area contributed by atoms with Crippen molar-refractivity contribution in [3.05, 3.63) is 66.9 Å². The lowest BCUT2D eigenvalue weighted by Crippen LogP contribution is -2.45. The Labute approximate surface area is 187 Å². The number of anilines is 2. The quantitative estimate of drug-likeness (QED) is 0.429. The normalized spacial score (nSPS) is 15.4. The highest BCUT2D eigenvalue weighted by Gasteiger charge is 2.42. The molecule has 28 heavy (non-hydrogen) atoms. The van der Waals surface area contributed by atoms with Crippen molar-refractivity contribution in [3.8, 4) is 0 Å². The summed E-state index contributed by atoms with van der Waals surface area (Å²) in [6.45, 7) is 12.5. The minimum atomic E-state index is -0.0721. The van der Waals surface area contributed by atoms with E-state index in [1.807, 2.05) is 52.0 Å². The third-order valence-electron chi connectivity index (χ3n) is 5.11. The first-order valence-electron chi connectivity index (χ1n) is 9.21. The molecule has 3 rings (SSSR count). The van der Waals surface area contributed by atoms with Crippen LogP contribution in [0.5, 0.6) is 0 Å². The SMILES string of the molecule is Cc1cc(Cl)cc(C)c1N1C(Cl)=C(Cl)N(c2c(C)cc(Cl)cc2C)C1C(C)C. The Morgan fingerprint density at radius 1 is 0.643 bits per heavy atom. The van der Waals surface area contributed by atoms with Gasteiger partial charge >= 0.3 is 0 Å². The van der Waals surface area contributed by atoms with E-state index < -0.39 is 0 Å². The van der Waals surface area contributed by atoms with Gasteiger partial charge in [0, 0.05) is 21.4 Å². The van der Waals surface area contributed by atoms with E-state index >= 15 is 0 Å². The second kappa shape index (κ2) is 7.99. The maximum Gasteiger partial charge on any atom is 0.147 e. The van der Waals surface area contributed by atoms with Crippen molar-refractivity contribution < 1.29 is 0 Å². The molecule has 150 valence electrons. The van der Waals surface area contributed by atoms with Gasteiger partial charge in [0.25, 0.3) is 0 Å². The van der Waals surface area contributed by atoms with Crippen LogP contribution in [0.3, 0.4) is 0 Å². The molecular weight excluding hydrogens is 434 g/mol. The average molecular weight is 458 g/mol. The Morgan fingerprint density at radius 3 is 1.18 bits per heavy atom. The summed E-state index contributed by atoms with van der Waals surface area (Å²) < 4.78 is 0. The van der Waals surface area contributed by atoms with Gasteiger partial charge in [-0.3, -0.25) is 0 Å². The van der Waals surface area contributed by atoms with Crippen molar-refractivity contribution in [2.24, 2.45) is 5.92 Å². The smallest absolute Gasteiger partial charge is 0.147 e. The highest BCUT2D eigenvalue weighted by Crippen LogP contribution is 2.47. The average Bonchev–Trinajstić information content (AvgIpc) is 2.79. The lowest BCUT2D eigenvalue weighted by atomic mass is 10.0. The zero-order chi connectivity index (χ0) is 20.9. The number of benzene rings is 2. The fourth-order valence-electron chi connectivity index (χ4n) is 4.17. The minimum absolute atomic E-state index is 0.0721. The van der Waals surface area contributed by atoms with Crippen LogP contribution in [0, 0.1) is 33.6 Å². The molecule has 2 aromatic carbocycles. The molecule has 0 amide bonds. The Morgan fingerprint density at radius 2 is 0.929 bits per heavy atom. The summed E-state index contributed by atoms with van der Waals surface area (Å²) in [6, 6.07) is 7.84. The minimum Gasteiger partial charge on any atom is -0.307 e. The molecule has 2 nitrogen and oxygen atoms in total. The first kappa shape index (κ1) is 21.6. The Bertz CT molecular complexity index is 845. The number of aryl methyl sites for hydroxylation is 4. The van der Waals surface area contributed by atoms with Gasteiger partial charge in [-0.15, -0.1) is 0 Å². The molecule has 0 saturated carbocycles. The first-order chi connectivity index (χ1) is 13.0. The lowest BCUT2D eigenvalue weighted by Gasteiger charge is -2.38. The van der Waals surface area contributed by atoms with Crippen molar-refractivity contribution in [2.75, 3.05) is 9.80 Å². The molecule has 1 aliphatic heterocycles. The first-order valence-corrected chi connectivity index (χ1v) is 10.7. The van der Waals surface area contributed by atoms with Gasteiger partial charge in [0.2, 0.25) is 0 Å². The lowest BCUT2D eigenvalue weighted by molar-refractivity contribution is 0.497. The van der Waals surface area contributed by atoms with E-state index in [4.69, 9.17) is 46.4 Å². The van der Waals surface area contributed by atoms with Crippen LogP contribution in [0.4, 0.5) is 11.4 Å². The molecule has 0 saturated heterocycles. The standard InChI is InChI=1S/C22H24Cl4N2/c1-11(2)22-27(18-12(3)7-16(23)8-13(18)4)20(25)21(26)28(22)19-14(5)9-17(24)10-15(19)6/h7-11,22H,1-6H3. The van der Waals surface area contributed by atoms with Crippen molar-refractivity contribution in [1.29, 1.82) is 0 Å². The third-order valence-corrected chi connectivity index (χ3v) is 6.37. The molecule has 0 radical (unpaired) electrons. The Kier molecular flexibility index (Phi) is 6.18. The summed E-state index contributed by atoms with van der Waals surface area (Å²) in [4.78, 5) is 4.26. The maximum atomic E-state index is 6.84. The Hall–Kier alpha value is -1.06. The fraction of sp³-hybridized carbons (Fsp3) is 0.364. The number of nitrogens with zero attached hydrogens (tertiary/aromatic N) is 2. The van der Waals surface area contributed by atoms with E-state index in [0.29, 0.717) is 20.4 Å². The summed E-state index contributed by atoms with van der Waals surface area (Å²) in [5, 5.41) is 2.46. The van der Waals surface area contributed by atoms with Crippen LogP contribution >= 0.6 is 46.4 Å². The predicted octanol–water partition coefficient (Wildman–Crippen LogP) is 8.14. The molecular formula is C22H24Cl4N2.